The number of nitrogens with two attached hydrogens (primary N) is 1. The number of methoxy groups -OCH3 is 1. The van der Waals surface area contributed by atoms with E-state index in [9.17, 15) is 8.78 Å². The first-order valence-corrected chi connectivity index (χ1v) is 6.19. The van der Waals surface area contributed by atoms with Crippen molar-refractivity contribution in [2.45, 2.75) is 44.1 Å². The Morgan fingerprint density at radius 1 is 1.17 bits per heavy atom. The summed E-state index contributed by atoms with van der Waals surface area (Å²) < 4.78 is 31.9. The molecule has 1 aromatic carbocycles. The zero-order valence-electron chi connectivity index (χ0n) is 10.8. The average Bonchev–Trinajstić information content (AvgIpc) is 2.33. The van der Waals surface area contributed by atoms with Gasteiger partial charge in [-0.15, -0.1) is 0 Å². The van der Waals surface area contributed by atoms with Crippen molar-refractivity contribution in [3.05, 3.63) is 29.3 Å². The molecule has 0 spiro atoms. The average molecular weight is 255 g/mol. The van der Waals surface area contributed by atoms with Crippen LogP contribution in [-0.2, 0) is 5.54 Å². The van der Waals surface area contributed by atoms with E-state index in [2.05, 4.69) is 0 Å². The predicted molar refractivity (Wildman–Crippen MR) is 67.0 cm³/mol. The van der Waals surface area contributed by atoms with Crippen LogP contribution in [0.4, 0.5) is 8.78 Å². The molecule has 1 aliphatic rings. The van der Waals surface area contributed by atoms with Gasteiger partial charge in [0.25, 0.3) is 0 Å². The normalized spacial score (nSPS) is 21.6. The van der Waals surface area contributed by atoms with Gasteiger partial charge in [0, 0.05) is 23.9 Å². The fourth-order valence-electron chi connectivity index (χ4n) is 2.65. The Morgan fingerprint density at radius 2 is 1.78 bits per heavy atom. The maximum Gasteiger partial charge on any atom is 0.248 e. The molecule has 0 aromatic heterocycles. The summed E-state index contributed by atoms with van der Waals surface area (Å²) in [6.07, 6.45) is 0.279. The van der Waals surface area contributed by atoms with E-state index in [1.165, 1.54) is 0 Å². The molecule has 0 amide bonds. The van der Waals surface area contributed by atoms with Crippen LogP contribution in [0, 0.1) is 6.92 Å². The number of hydrogen-bond donors (Lipinski definition) is 1. The fraction of sp³-hybridized carbons (Fsp3) is 0.571. The second-order valence-corrected chi connectivity index (χ2v) is 5.17. The monoisotopic (exact) mass is 255 g/mol. The third kappa shape index (κ3) is 2.34. The van der Waals surface area contributed by atoms with E-state index >= 15 is 0 Å². The summed E-state index contributed by atoms with van der Waals surface area (Å²) in [5.41, 5.74) is 7.47. The van der Waals surface area contributed by atoms with Crippen molar-refractivity contribution in [3.8, 4) is 5.75 Å². The molecule has 0 unspecified atom stereocenters. The van der Waals surface area contributed by atoms with Crippen molar-refractivity contribution >= 4 is 0 Å². The second-order valence-electron chi connectivity index (χ2n) is 5.17. The molecule has 1 aromatic rings. The first-order chi connectivity index (χ1) is 8.38. The lowest BCUT2D eigenvalue weighted by Crippen LogP contribution is -2.43. The number of aryl methyl sites for hydroxylation is 1. The quantitative estimate of drug-likeness (QED) is 0.879. The van der Waals surface area contributed by atoms with Gasteiger partial charge in [0.05, 0.1) is 7.11 Å². The van der Waals surface area contributed by atoms with Gasteiger partial charge in [0.1, 0.15) is 5.75 Å². The highest BCUT2D eigenvalue weighted by molar-refractivity contribution is 5.45. The van der Waals surface area contributed by atoms with Crippen LogP contribution in [0.3, 0.4) is 0 Å². The van der Waals surface area contributed by atoms with Gasteiger partial charge in [-0.25, -0.2) is 8.78 Å². The number of para-hydroxylation sites is 1. The minimum Gasteiger partial charge on any atom is -0.496 e. The third-order valence-corrected chi connectivity index (χ3v) is 3.83. The molecule has 2 N–H and O–H groups in total. The Morgan fingerprint density at radius 3 is 2.33 bits per heavy atom. The van der Waals surface area contributed by atoms with Crippen LogP contribution in [0.2, 0.25) is 0 Å². The topological polar surface area (TPSA) is 35.2 Å². The Kier molecular flexibility index (Phi) is 3.32. The molecule has 1 aliphatic carbocycles. The molecule has 1 fully saturated rings. The van der Waals surface area contributed by atoms with Crippen LogP contribution in [-0.4, -0.2) is 13.0 Å². The van der Waals surface area contributed by atoms with Crippen LogP contribution in [0.15, 0.2) is 18.2 Å². The number of ether oxygens (including phenoxy) is 1. The number of alkyl halides is 2. The van der Waals surface area contributed by atoms with Gasteiger partial charge in [-0.05, 0) is 25.3 Å². The number of halogens is 2. The van der Waals surface area contributed by atoms with Crippen molar-refractivity contribution in [1.82, 2.24) is 0 Å². The maximum absolute atomic E-state index is 13.2. The molecule has 0 bridgehead atoms. The first-order valence-electron chi connectivity index (χ1n) is 6.19. The second kappa shape index (κ2) is 4.50. The summed E-state index contributed by atoms with van der Waals surface area (Å²) >= 11 is 0. The Hall–Kier alpha value is -1.16. The van der Waals surface area contributed by atoms with Gasteiger partial charge in [0.2, 0.25) is 5.92 Å². The highest BCUT2D eigenvalue weighted by Crippen LogP contribution is 2.45. The lowest BCUT2D eigenvalue weighted by molar-refractivity contribution is -0.0516. The summed E-state index contributed by atoms with van der Waals surface area (Å²) in [7, 11) is 1.59. The van der Waals surface area contributed by atoms with Crippen LogP contribution in [0.5, 0.6) is 5.75 Å². The highest BCUT2D eigenvalue weighted by atomic mass is 19.3. The van der Waals surface area contributed by atoms with Gasteiger partial charge in [-0.1, -0.05) is 18.2 Å². The molecular weight excluding hydrogens is 236 g/mol. The van der Waals surface area contributed by atoms with E-state index in [4.69, 9.17) is 10.5 Å². The molecule has 0 aliphatic heterocycles. The van der Waals surface area contributed by atoms with E-state index in [0.29, 0.717) is 12.8 Å². The van der Waals surface area contributed by atoms with Crippen molar-refractivity contribution in [2.75, 3.05) is 7.11 Å². The highest BCUT2D eigenvalue weighted by Gasteiger charge is 2.43. The van der Waals surface area contributed by atoms with Crippen LogP contribution < -0.4 is 10.5 Å². The molecule has 1 saturated carbocycles. The van der Waals surface area contributed by atoms with E-state index in [1.807, 2.05) is 25.1 Å². The Balaban J connectivity index is 2.34. The molecule has 18 heavy (non-hydrogen) atoms. The van der Waals surface area contributed by atoms with Crippen molar-refractivity contribution in [3.63, 3.8) is 0 Å². The van der Waals surface area contributed by atoms with E-state index in [1.54, 1.807) is 7.11 Å². The Labute approximate surface area is 106 Å². The molecule has 100 valence electrons. The lowest BCUT2D eigenvalue weighted by Gasteiger charge is -2.38. The van der Waals surface area contributed by atoms with Gasteiger partial charge >= 0.3 is 0 Å². The third-order valence-electron chi connectivity index (χ3n) is 3.83. The van der Waals surface area contributed by atoms with Gasteiger partial charge < -0.3 is 10.5 Å². The van der Waals surface area contributed by atoms with Gasteiger partial charge in [-0.3, -0.25) is 0 Å². The molecular formula is C14H19F2NO. The maximum atomic E-state index is 13.2. The van der Waals surface area contributed by atoms with Crippen LogP contribution in [0.25, 0.3) is 0 Å². The molecule has 0 atom stereocenters. The zero-order valence-corrected chi connectivity index (χ0v) is 10.8. The lowest BCUT2D eigenvalue weighted by atomic mass is 9.75. The molecule has 2 rings (SSSR count). The van der Waals surface area contributed by atoms with Crippen LogP contribution >= 0.6 is 0 Å². The minimum absolute atomic E-state index is 0.152. The van der Waals surface area contributed by atoms with Crippen LogP contribution in [0.1, 0.15) is 36.8 Å². The van der Waals surface area contributed by atoms with Crippen molar-refractivity contribution < 1.29 is 13.5 Å². The smallest absolute Gasteiger partial charge is 0.248 e. The molecule has 4 heteroatoms. The molecule has 2 nitrogen and oxygen atoms in total. The summed E-state index contributed by atoms with van der Waals surface area (Å²) in [4.78, 5) is 0. The SMILES string of the molecule is COc1c(C)cccc1C1(N)CCC(F)(F)CC1. The fourth-order valence-corrected chi connectivity index (χ4v) is 2.65. The predicted octanol–water partition coefficient (Wildman–Crippen LogP) is 3.37. The van der Waals surface area contributed by atoms with Gasteiger partial charge in [-0.2, -0.15) is 0 Å². The zero-order chi connectivity index (χ0) is 13.4. The summed E-state index contributed by atoms with van der Waals surface area (Å²) in [6, 6.07) is 5.72. The largest absolute Gasteiger partial charge is 0.496 e. The summed E-state index contributed by atoms with van der Waals surface area (Å²) in [5.74, 6) is -1.84. The van der Waals surface area contributed by atoms with Gasteiger partial charge in [0.15, 0.2) is 0 Å². The van der Waals surface area contributed by atoms with E-state index < -0.39 is 11.5 Å². The summed E-state index contributed by atoms with van der Waals surface area (Å²) in [6.45, 7) is 1.93. The Bertz CT molecular complexity index is 435. The van der Waals surface area contributed by atoms with Crippen molar-refractivity contribution in [2.24, 2.45) is 5.73 Å². The number of hydrogen-bond acceptors (Lipinski definition) is 2. The molecule has 0 saturated heterocycles. The van der Waals surface area contributed by atoms with E-state index in [0.717, 1.165) is 16.9 Å². The van der Waals surface area contributed by atoms with E-state index in [-0.39, 0.29) is 12.8 Å². The minimum atomic E-state index is -2.57. The van der Waals surface area contributed by atoms with Crippen molar-refractivity contribution in [1.29, 1.82) is 0 Å². The standard InChI is InChI=1S/C14H19F2NO/c1-10-4-3-5-11(12(10)18-2)13(17)6-8-14(15,16)9-7-13/h3-5H,6-9,17H2,1-2H3. The summed E-state index contributed by atoms with van der Waals surface area (Å²) in [5, 5.41) is 0. The number of rotatable bonds is 2. The molecule has 0 heterocycles. The molecule has 0 radical (unpaired) electrons. The number of benzene rings is 1. The first kappa shape index (κ1) is 13.3.